The second-order valence-electron chi connectivity index (χ2n) is 4.08. The smallest absolute Gasteiger partial charge is 0.273 e. The van der Waals surface area contributed by atoms with Crippen molar-refractivity contribution in [3.8, 4) is 11.3 Å². The molecule has 0 saturated heterocycles. The van der Waals surface area contributed by atoms with E-state index < -0.39 is 20.9 Å². The van der Waals surface area contributed by atoms with E-state index in [9.17, 15) is 21.6 Å². The van der Waals surface area contributed by atoms with Crippen LogP contribution in [0.1, 0.15) is 11.3 Å². The first-order valence-electron chi connectivity index (χ1n) is 5.27. The molecule has 0 radical (unpaired) electrons. The van der Waals surface area contributed by atoms with Crippen LogP contribution in [-0.2, 0) is 15.2 Å². The zero-order valence-electron chi connectivity index (χ0n) is 9.99. The Morgan fingerprint density at radius 2 is 1.90 bits per heavy atom. The Morgan fingerprint density at radius 1 is 1.25 bits per heavy atom. The van der Waals surface area contributed by atoms with Crippen LogP contribution in [0.5, 0.6) is 0 Å². The highest BCUT2D eigenvalue weighted by Crippen LogP contribution is 2.31. The minimum Gasteiger partial charge on any atom is -0.273 e. The van der Waals surface area contributed by atoms with Gasteiger partial charge in [0, 0.05) is 16.2 Å². The summed E-state index contributed by atoms with van der Waals surface area (Å²) in [6.07, 6.45) is -4.54. The Bertz CT molecular complexity index is 753. The summed E-state index contributed by atoms with van der Waals surface area (Å²) in [7, 11) is 1.29. The van der Waals surface area contributed by atoms with E-state index in [0.29, 0.717) is 5.56 Å². The van der Waals surface area contributed by atoms with Gasteiger partial charge < -0.3 is 0 Å². The Balaban J connectivity index is 2.52. The number of nitrogens with one attached hydrogen (secondary N) is 1. The van der Waals surface area contributed by atoms with Crippen LogP contribution in [0.25, 0.3) is 11.3 Å². The van der Waals surface area contributed by atoms with Crippen molar-refractivity contribution in [3.63, 3.8) is 0 Å². The molecule has 0 unspecified atom stereocenters. The standard InChI is InChI=1S/C11H8ClF3N2O2S/c1-6-2-3-7(4-9(6)20(12,18)19)8-5-10(17-16-8)11(13,14)15/h2-5H,1H3,(H,16,17). The molecule has 9 heteroatoms. The van der Waals surface area contributed by atoms with Crippen molar-refractivity contribution in [1.82, 2.24) is 10.2 Å². The third kappa shape index (κ3) is 2.96. The third-order valence-corrected chi connectivity index (χ3v) is 4.09. The molecule has 0 atom stereocenters. The van der Waals surface area contributed by atoms with Crippen molar-refractivity contribution < 1.29 is 21.6 Å². The van der Waals surface area contributed by atoms with Gasteiger partial charge in [0.25, 0.3) is 9.05 Å². The number of hydrogen-bond acceptors (Lipinski definition) is 3. The lowest BCUT2D eigenvalue weighted by Crippen LogP contribution is -2.04. The summed E-state index contributed by atoms with van der Waals surface area (Å²) in [5.74, 6) is 0. The van der Waals surface area contributed by atoms with Gasteiger partial charge in [0.2, 0.25) is 0 Å². The van der Waals surface area contributed by atoms with E-state index in [2.05, 4.69) is 5.10 Å². The van der Waals surface area contributed by atoms with Crippen molar-refractivity contribution in [2.24, 2.45) is 0 Å². The van der Waals surface area contributed by atoms with E-state index in [0.717, 1.165) is 6.07 Å². The lowest BCUT2D eigenvalue weighted by Gasteiger charge is -2.04. The van der Waals surface area contributed by atoms with Gasteiger partial charge in [-0.1, -0.05) is 12.1 Å². The van der Waals surface area contributed by atoms with Crippen molar-refractivity contribution in [1.29, 1.82) is 0 Å². The summed E-state index contributed by atoms with van der Waals surface area (Å²) in [5, 5.41) is 5.38. The van der Waals surface area contributed by atoms with Crippen molar-refractivity contribution >= 4 is 19.7 Å². The number of H-pyrrole nitrogens is 1. The predicted octanol–water partition coefficient (Wildman–Crippen LogP) is 3.33. The second kappa shape index (κ2) is 4.78. The molecule has 0 saturated carbocycles. The highest BCUT2D eigenvalue weighted by Gasteiger charge is 2.33. The van der Waals surface area contributed by atoms with Crippen LogP contribution < -0.4 is 0 Å². The maximum Gasteiger partial charge on any atom is 0.432 e. The molecule has 1 aromatic carbocycles. The number of hydrogen-bond donors (Lipinski definition) is 1. The molecule has 0 bridgehead atoms. The first-order chi connectivity index (χ1) is 9.09. The highest BCUT2D eigenvalue weighted by molar-refractivity contribution is 8.13. The fourth-order valence-electron chi connectivity index (χ4n) is 1.64. The molecule has 1 heterocycles. The van der Waals surface area contributed by atoms with E-state index >= 15 is 0 Å². The summed E-state index contributed by atoms with van der Waals surface area (Å²) < 4.78 is 60.1. The Morgan fingerprint density at radius 3 is 2.40 bits per heavy atom. The maximum atomic E-state index is 12.5. The number of rotatable bonds is 2. The summed E-state index contributed by atoms with van der Waals surface area (Å²) >= 11 is 0. The predicted molar refractivity (Wildman–Crippen MR) is 66.8 cm³/mol. The van der Waals surface area contributed by atoms with E-state index in [-0.39, 0.29) is 16.2 Å². The molecule has 0 aliphatic rings. The molecule has 0 spiro atoms. The van der Waals surface area contributed by atoms with Gasteiger partial charge in [-0.25, -0.2) is 8.42 Å². The van der Waals surface area contributed by atoms with Crippen molar-refractivity contribution in [2.45, 2.75) is 18.0 Å². The van der Waals surface area contributed by atoms with Crippen LogP contribution >= 0.6 is 10.7 Å². The fraction of sp³-hybridized carbons (Fsp3) is 0.182. The van der Waals surface area contributed by atoms with Gasteiger partial charge in [-0.05, 0) is 24.6 Å². The molecule has 1 aromatic heterocycles. The minimum atomic E-state index is -4.54. The topological polar surface area (TPSA) is 62.8 Å². The van der Waals surface area contributed by atoms with Gasteiger partial charge in [-0.3, -0.25) is 5.10 Å². The van der Waals surface area contributed by atoms with Gasteiger partial charge in [-0.15, -0.1) is 0 Å². The quantitative estimate of drug-likeness (QED) is 0.862. The summed E-state index contributed by atoms with van der Waals surface area (Å²) in [6.45, 7) is 1.53. The van der Waals surface area contributed by atoms with E-state index in [4.69, 9.17) is 10.7 Å². The molecular formula is C11H8ClF3N2O2S. The van der Waals surface area contributed by atoms with Gasteiger partial charge in [0.1, 0.15) is 5.69 Å². The van der Waals surface area contributed by atoms with Crippen molar-refractivity contribution in [3.05, 3.63) is 35.5 Å². The first-order valence-corrected chi connectivity index (χ1v) is 7.58. The van der Waals surface area contributed by atoms with E-state index in [1.807, 2.05) is 5.10 Å². The van der Waals surface area contributed by atoms with Gasteiger partial charge >= 0.3 is 6.18 Å². The zero-order valence-corrected chi connectivity index (χ0v) is 11.6. The molecule has 0 amide bonds. The number of nitrogens with zero attached hydrogens (tertiary/aromatic N) is 1. The zero-order chi connectivity index (χ0) is 15.1. The molecule has 2 rings (SSSR count). The number of alkyl halides is 3. The number of aryl methyl sites for hydroxylation is 1. The number of benzene rings is 1. The van der Waals surface area contributed by atoms with Crippen LogP contribution in [0.15, 0.2) is 29.2 Å². The van der Waals surface area contributed by atoms with Gasteiger partial charge in [0.05, 0.1) is 10.6 Å². The number of halogens is 4. The molecule has 108 valence electrons. The van der Waals surface area contributed by atoms with Crippen LogP contribution in [0.2, 0.25) is 0 Å². The molecule has 1 N–H and O–H groups in total. The summed E-state index contributed by atoms with van der Waals surface area (Å²) in [6, 6.07) is 4.91. The SMILES string of the molecule is Cc1ccc(-c2cc(C(F)(F)F)[nH]n2)cc1S(=O)(=O)Cl. The van der Waals surface area contributed by atoms with Crippen LogP contribution in [0.3, 0.4) is 0 Å². The van der Waals surface area contributed by atoms with Crippen molar-refractivity contribution in [2.75, 3.05) is 0 Å². The molecular weight excluding hydrogens is 317 g/mol. The Labute approximate surface area is 117 Å². The van der Waals surface area contributed by atoms with Crippen LogP contribution in [-0.4, -0.2) is 18.6 Å². The average Bonchev–Trinajstić information content (AvgIpc) is 2.77. The lowest BCUT2D eigenvalue weighted by atomic mass is 10.1. The number of aromatic amines is 1. The van der Waals surface area contributed by atoms with Gasteiger partial charge in [-0.2, -0.15) is 18.3 Å². The second-order valence-corrected chi connectivity index (χ2v) is 6.62. The van der Waals surface area contributed by atoms with Gasteiger partial charge in [0.15, 0.2) is 0 Å². The largest absolute Gasteiger partial charge is 0.432 e. The normalized spacial score (nSPS) is 12.7. The number of aromatic nitrogens is 2. The molecule has 0 fully saturated rings. The monoisotopic (exact) mass is 324 g/mol. The summed E-state index contributed by atoms with van der Waals surface area (Å²) in [5.41, 5.74) is -0.404. The van der Waals surface area contributed by atoms with E-state index in [1.54, 1.807) is 0 Å². The Hall–Kier alpha value is -1.54. The van der Waals surface area contributed by atoms with Crippen LogP contribution in [0.4, 0.5) is 13.2 Å². The molecule has 2 aromatic rings. The van der Waals surface area contributed by atoms with Crippen LogP contribution in [0, 0.1) is 6.92 Å². The fourth-order valence-corrected chi connectivity index (χ4v) is 2.86. The first kappa shape index (κ1) is 14.9. The van der Waals surface area contributed by atoms with E-state index in [1.165, 1.54) is 25.1 Å². The average molecular weight is 325 g/mol. The molecule has 4 nitrogen and oxygen atoms in total. The summed E-state index contributed by atoms with van der Waals surface area (Å²) in [4.78, 5) is -0.159. The Kier molecular flexibility index (Phi) is 3.55. The minimum absolute atomic E-state index is 0.0149. The third-order valence-electron chi connectivity index (χ3n) is 2.63. The molecule has 0 aliphatic carbocycles. The highest BCUT2D eigenvalue weighted by atomic mass is 35.7. The molecule has 0 aliphatic heterocycles. The molecule has 20 heavy (non-hydrogen) atoms. The lowest BCUT2D eigenvalue weighted by molar-refractivity contribution is -0.141. The maximum absolute atomic E-state index is 12.5.